The van der Waals surface area contributed by atoms with Crippen LogP contribution in [-0.4, -0.2) is 41.0 Å². The summed E-state index contributed by atoms with van der Waals surface area (Å²) in [7, 11) is 1.80. The predicted octanol–water partition coefficient (Wildman–Crippen LogP) is 3.33. The molecule has 0 saturated carbocycles. The molecule has 0 spiro atoms. The van der Waals surface area contributed by atoms with E-state index in [0.29, 0.717) is 17.7 Å². The summed E-state index contributed by atoms with van der Waals surface area (Å²) in [6, 6.07) is 8.42. The molecule has 0 atom stereocenters. The van der Waals surface area contributed by atoms with Crippen LogP contribution in [0.4, 0.5) is 5.69 Å². The lowest BCUT2D eigenvalue weighted by Gasteiger charge is -2.23. The van der Waals surface area contributed by atoms with Gasteiger partial charge >= 0.3 is 0 Å². The fourth-order valence-electron chi connectivity index (χ4n) is 3.31. The van der Waals surface area contributed by atoms with Crippen LogP contribution in [-0.2, 0) is 0 Å². The zero-order chi connectivity index (χ0) is 18.0. The van der Waals surface area contributed by atoms with Gasteiger partial charge in [-0.1, -0.05) is 31.2 Å². The number of benzene rings is 1. The van der Waals surface area contributed by atoms with Gasteiger partial charge in [0, 0.05) is 12.7 Å². The number of anilines is 1. The lowest BCUT2D eigenvalue weighted by Crippen LogP contribution is -2.31. The molecule has 3 rings (SSSR count). The molecule has 2 heterocycles. The van der Waals surface area contributed by atoms with Gasteiger partial charge in [-0.25, -0.2) is 4.68 Å². The van der Waals surface area contributed by atoms with E-state index in [1.54, 1.807) is 11.9 Å². The summed E-state index contributed by atoms with van der Waals surface area (Å²) in [4.78, 5) is 14.6. The van der Waals surface area contributed by atoms with Gasteiger partial charge in [0.05, 0.1) is 11.7 Å². The van der Waals surface area contributed by atoms with Gasteiger partial charge < -0.3 is 10.2 Å². The molecule has 1 amide bonds. The van der Waals surface area contributed by atoms with Crippen LogP contribution < -0.4 is 10.2 Å². The molecule has 1 aliphatic rings. The normalized spacial score (nSPS) is 15.0. The van der Waals surface area contributed by atoms with E-state index in [0.717, 1.165) is 37.3 Å². The molecule has 1 N–H and O–H groups in total. The van der Waals surface area contributed by atoms with Crippen LogP contribution in [0.2, 0.25) is 0 Å². The molecular formula is C19H28ClN5O. The summed E-state index contributed by atoms with van der Waals surface area (Å²) < 4.78 is 1.92. The third kappa shape index (κ3) is 4.07. The first-order valence-electron chi connectivity index (χ1n) is 8.99. The van der Waals surface area contributed by atoms with Crippen LogP contribution in [0, 0.1) is 6.92 Å². The molecule has 7 heteroatoms. The number of aromatic nitrogens is 3. The van der Waals surface area contributed by atoms with E-state index >= 15 is 0 Å². The molecule has 2 aromatic rings. The number of hydrogen-bond donors (Lipinski definition) is 1. The van der Waals surface area contributed by atoms with Crippen LogP contribution in [0.15, 0.2) is 24.3 Å². The Morgan fingerprint density at radius 1 is 1.31 bits per heavy atom. The second-order valence-electron chi connectivity index (χ2n) is 7.06. The molecule has 1 saturated heterocycles. The van der Waals surface area contributed by atoms with Gasteiger partial charge in [0.2, 0.25) is 0 Å². The van der Waals surface area contributed by atoms with Crippen molar-refractivity contribution < 1.29 is 4.79 Å². The fourth-order valence-corrected chi connectivity index (χ4v) is 3.31. The summed E-state index contributed by atoms with van der Waals surface area (Å²) in [6.45, 7) is 8.20. The molecule has 0 aliphatic carbocycles. The summed E-state index contributed by atoms with van der Waals surface area (Å²) in [5, 5.41) is 11.8. The van der Waals surface area contributed by atoms with Crippen LogP contribution in [0.1, 0.15) is 60.4 Å². The highest BCUT2D eigenvalue weighted by Gasteiger charge is 2.25. The predicted molar refractivity (Wildman–Crippen MR) is 106 cm³/mol. The van der Waals surface area contributed by atoms with E-state index in [-0.39, 0.29) is 18.3 Å². The average molecular weight is 378 g/mol. The average Bonchev–Trinajstić information content (AvgIpc) is 3.02. The van der Waals surface area contributed by atoms with Gasteiger partial charge in [-0.3, -0.25) is 4.79 Å². The quantitative estimate of drug-likeness (QED) is 0.887. The highest BCUT2D eigenvalue weighted by Crippen LogP contribution is 2.24. The van der Waals surface area contributed by atoms with Crippen molar-refractivity contribution in [2.75, 3.05) is 25.0 Å². The SMILES string of the molecule is Cc1c(C(=O)N(C)c2cccc(C(C)C)c2)nnn1C1CCNCC1.Cl. The zero-order valence-electron chi connectivity index (χ0n) is 15.9. The molecule has 1 fully saturated rings. The molecule has 1 aromatic heterocycles. The standard InChI is InChI=1S/C19H27N5O.ClH/c1-13(2)15-6-5-7-17(12-15)23(4)19(25)18-14(3)24(22-21-18)16-8-10-20-11-9-16;/h5-7,12-13,16,20H,8-11H2,1-4H3;1H. The number of halogens is 1. The van der Waals surface area contributed by atoms with Crippen molar-refractivity contribution in [3.8, 4) is 0 Å². The van der Waals surface area contributed by atoms with E-state index < -0.39 is 0 Å². The number of piperidine rings is 1. The monoisotopic (exact) mass is 377 g/mol. The van der Waals surface area contributed by atoms with Crippen molar-refractivity contribution in [2.24, 2.45) is 0 Å². The van der Waals surface area contributed by atoms with Crippen molar-refractivity contribution in [1.82, 2.24) is 20.3 Å². The zero-order valence-corrected chi connectivity index (χ0v) is 16.7. The fraction of sp³-hybridized carbons (Fsp3) is 0.526. The topological polar surface area (TPSA) is 63.1 Å². The Hall–Kier alpha value is -1.92. The number of nitrogens with one attached hydrogen (secondary N) is 1. The van der Waals surface area contributed by atoms with Gasteiger partial charge in [0.1, 0.15) is 0 Å². The van der Waals surface area contributed by atoms with Gasteiger partial charge in [0.25, 0.3) is 5.91 Å². The minimum absolute atomic E-state index is 0. The first-order valence-corrected chi connectivity index (χ1v) is 8.99. The molecule has 1 aromatic carbocycles. The maximum absolute atomic E-state index is 12.9. The highest BCUT2D eigenvalue weighted by molar-refractivity contribution is 6.05. The smallest absolute Gasteiger partial charge is 0.280 e. The third-order valence-electron chi connectivity index (χ3n) is 5.01. The Bertz CT molecular complexity index is 752. The van der Waals surface area contributed by atoms with Crippen molar-refractivity contribution in [3.05, 3.63) is 41.2 Å². The van der Waals surface area contributed by atoms with E-state index in [9.17, 15) is 4.79 Å². The molecule has 0 unspecified atom stereocenters. The maximum atomic E-state index is 12.9. The van der Waals surface area contributed by atoms with E-state index in [4.69, 9.17) is 0 Å². The maximum Gasteiger partial charge on any atom is 0.280 e. The Labute approximate surface area is 161 Å². The summed E-state index contributed by atoms with van der Waals surface area (Å²) in [6.07, 6.45) is 2.04. The Balaban J connectivity index is 0.00000243. The Morgan fingerprint density at radius 2 is 2.00 bits per heavy atom. The lowest BCUT2D eigenvalue weighted by molar-refractivity contribution is 0.0987. The lowest BCUT2D eigenvalue weighted by atomic mass is 10.0. The van der Waals surface area contributed by atoms with Crippen LogP contribution >= 0.6 is 12.4 Å². The number of carbonyl (C=O) groups is 1. The first kappa shape index (κ1) is 20.4. The first-order chi connectivity index (χ1) is 12.0. The molecule has 6 nitrogen and oxygen atoms in total. The number of hydrogen-bond acceptors (Lipinski definition) is 4. The van der Waals surface area contributed by atoms with Gasteiger partial charge in [0.15, 0.2) is 5.69 Å². The molecular weight excluding hydrogens is 350 g/mol. The molecule has 26 heavy (non-hydrogen) atoms. The van der Waals surface area contributed by atoms with Crippen LogP contribution in [0.5, 0.6) is 0 Å². The summed E-state index contributed by atoms with van der Waals surface area (Å²) in [5.41, 5.74) is 3.39. The molecule has 0 radical (unpaired) electrons. The van der Waals surface area contributed by atoms with Crippen LogP contribution in [0.3, 0.4) is 0 Å². The number of rotatable bonds is 4. The second kappa shape index (κ2) is 8.64. The molecule has 1 aliphatic heterocycles. The highest BCUT2D eigenvalue weighted by atomic mass is 35.5. The largest absolute Gasteiger partial charge is 0.317 e. The molecule has 0 bridgehead atoms. The van der Waals surface area contributed by atoms with Crippen molar-refractivity contribution in [2.45, 2.75) is 45.6 Å². The van der Waals surface area contributed by atoms with Gasteiger partial charge in [-0.2, -0.15) is 0 Å². The molecule has 142 valence electrons. The third-order valence-corrected chi connectivity index (χ3v) is 5.01. The van der Waals surface area contributed by atoms with E-state index in [1.165, 1.54) is 5.56 Å². The Morgan fingerprint density at radius 3 is 2.65 bits per heavy atom. The van der Waals surface area contributed by atoms with Crippen LogP contribution in [0.25, 0.3) is 0 Å². The van der Waals surface area contributed by atoms with Gasteiger partial charge in [-0.15, -0.1) is 17.5 Å². The minimum atomic E-state index is -0.112. The van der Waals surface area contributed by atoms with Gasteiger partial charge in [-0.05, 0) is 56.5 Å². The number of amides is 1. The van der Waals surface area contributed by atoms with Crippen molar-refractivity contribution >= 4 is 24.0 Å². The Kier molecular flexibility index (Phi) is 6.78. The number of carbonyl (C=O) groups excluding carboxylic acids is 1. The summed E-state index contributed by atoms with van der Waals surface area (Å²) in [5.74, 6) is 0.310. The summed E-state index contributed by atoms with van der Waals surface area (Å²) >= 11 is 0. The van der Waals surface area contributed by atoms with Crippen molar-refractivity contribution in [3.63, 3.8) is 0 Å². The second-order valence-corrected chi connectivity index (χ2v) is 7.06. The van der Waals surface area contributed by atoms with E-state index in [1.807, 2.05) is 23.7 Å². The van der Waals surface area contributed by atoms with Crippen molar-refractivity contribution in [1.29, 1.82) is 0 Å². The van der Waals surface area contributed by atoms with E-state index in [2.05, 4.69) is 41.6 Å². The minimum Gasteiger partial charge on any atom is -0.317 e. The number of nitrogens with zero attached hydrogens (tertiary/aromatic N) is 4.